The zero-order chi connectivity index (χ0) is 10.5. The largest absolute Gasteiger partial charge is 0.382 e. The quantitative estimate of drug-likeness (QED) is 0.681. The maximum absolute atomic E-state index is 5.33. The number of benzene rings is 1. The summed E-state index contributed by atoms with van der Waals surface area (Å²) in [5.74, 6) is 0. The van der Waals surface area contributed by atoms with Crippen molar-refractivity contribution >= 4 is 10.9 Å². The molecule has 0 saturated carbocycles. The Hall–Kier alpha value is -1.28. The molecule has 2 rings (SSSR count). The molecule has 0 atom stereocenters. The van der Waals surface area contributed by atoms with Gasteiger partial charge in [0.25, 0.3) is 0 Å². The first-order chi connectivity index (χ1) is 7.42. The van der Waals surface area contributed by atoms with Crippen LogP contribution in [0.2, 0.25) is 0 Å². The molecule has 1 aromatic carbocycles. The highest BCUT2D eigenvalue weighted by atomic mass is 16.5. The molecule has 2 heteroatoms. The Morgan fingerprint density at radius 1 is 1.20 bits per heavy atom. The van der Waals surface area contributed by atoms with Gasteiger partial charge < -0.3 is 9.30 Å². The number of rotatable bonds is 5. The Balaban J connectivity index is 2.02. The fourth-order valence-corrected chi connectivity index (χ4v) is 1.82. The van der Waals surface area contributed by atoms with Crippen LogP contribution < -0.4 is 0 Å². The minimum absolute atomic E-state index is 0.812. The van der Waals surface area contributed by atoms with Gasteiger partial charge in [-0.15, -0.1) is 0 Å². The molecule has 0 saturated heterocycles. The molecule has 15 heavy (non-hydrogen) atoms. The molecule has 0 fully saturated rings. The number of aryl methyl sites for hydroxylation is 1. The molecule has 1 aromatic heterocycles. The average molecular weight is 203 g/mol. The molecule has 0 unspecified atom stereocenters. The van der Waals surface area contributed by atoms with Crippen LogP contribution in [0.1, 0.15) is 13.3 Å². The summed E-state index contributed by atoms with van der Waals surface area (Å²) < 4.78 is 7.62. The number of hydrogen-bond donors (Lipinski definition) is 0. The van der Waals surface area contributed by atoms with Gasteiger partial charge in [-0.05, 0) is 30.9 Å². The van der Waals surface area contributed by atoms with Crippen LogP contribution >= 0.6 is 0 Å². The van der Waals surface area contributed by atoms with Crippen LogP contribution in [0.4, 0.5) is 0 Å². The number of ether oxygens (including phenoxy) is 1. The second-order valence-corrected chi connectivity index (χ2v) is 3.62. The second-order valence-electron chi connectivity index (χ2n) is 3.62. The predicted octanol–water partition coefficient (Wildman–Crippen LogP) is 3.07. The summed E-state index contributed by atoms with van der Waals surface area (Å²) in [6.45, 7) is 4.73. The van der Waals surface area contributed by atoms with Crippen molar-refractivity contribution in [3.8, 4) is 0 Å². The lowest BCUT2D eigenvalue weighted by Gasteiger charge is -2.05. The van der Waals surface area contributed by atoms with Crippen molar-refractivity contribution in [3.63, 3.8) is 0 Å². The highest BCUT2D eigenvalue weighted by molar-refractivity contribution is 5.79. The topological polar surface area (TPSA) is 14.2 Å². The molecular formula is C13H17NO. The lowest BCUT2D eigenvalue weighted by molar-refractivity contribution is 0.142. The zero-order valence-corrected chi connectivity index (χ0v) is 9.15. The lowest BCUT2D eigenvalue weighted by atomic mass is 10.2. The molecule has 0 bridgehead atoms. The summed E-state index contributed by atoms with van der Waals surface area (Å²) in [6.07, 6.45) is 3.23. The van der Waals surface area contributed by atoms with E-state index in [-0.39, 0.29) is 0 Å². The van der Waals surface area contributed by atoms with E-state index in [1.54, 1.807) is 0 Å². The summed E-state index contributed by atoms with van der Waals surface area (Å²) in [6, 6.07) is 10.6. The summed E-state index contributed by atoms with van der Waals surface area (Å²) in [5.41, 5.74) is 1.31. The van der Waals surface area contributed by atoms with Gasteiger partial charge in [0.15, 0.2) is 0 Å². The van der Waals surface area contributed by atoms with E-state index in [1.807, 2.05) is 6.92 Å². The lowest BCUT2D eigenvalue weighted by Crippen LogP contribution is -2.01. The van der Waals surface area contributed by atoms with Crippen molar-refractivity contribution < 1.29 is 4.74 Å². The van der Waals surface area contributed by atoms with E-state index in [9.17, 15) is 0 Å². The fourth-order valence-electron chi connectivity index (χ4n) is 1.82. The van der Waals surface area contributed by atoms with E-state index in [0.29, 0.717) is 0 Å². The van der Waals surface area contributed by atoms with Crippen LogP contribution in [0.25, 0.3) is 10.9 Å². The van der Waals surface area contributed by atoms with Crippen LogP contribution in [-0.2, 0) is 11.3 Å². The third-order valence-electron chi connectivity index (χ3n) is 2.57. The van der Waals surface area contributed by atoms with Gasteiger partial charge in [-0.1, -0.05) is 18.2 Å². The Kier molecular flexibility index (Phi) is 3.41. The Morgan fingerprint density at radius 2 is 2.07 bits per heavy atom. The summed E-state index contributed by atoms with van der Waals surface area (Å²) in [7, 11) is 0. The van der Waals surface area contributed by atoms with E-state index >= 15 is 0 Å². The van der Waals surface area contributed by atoms with E-state index < -0.39 is 0 Å². The van der Waals surface area contributed by atoms with Gasteiger partial charge in [-0.3, -0.25) is 0 Å². The van der Waals surface area contributed by atoms with Crippen molar-refractivity contribution in [2.45, 2.75) is 19.9 Å². The molecule has 1 heterocycles. The predicted molar refractivity (Wildman–Crippen MR) is 63.0 cm³/mol. The second kappa shape index (κ2) is 4.99. The van der Waals surface area contributed by atoms with Crippen LogP contribution in [0.15, 0.2) is 36.5 Å². The van der Waals surface area contributed by atoms with Crippen molar-refractivity contribution in [3.05, 3.63) is 36.5 Å². The molecule has 0 aliphatic heterocycles. The van der Waals surface area contributed by atoms with Gasteiger partial charge in [-0.25, -0.2) is 0 Å². The first kappa shape index (κ1) is 10.2. The number of hydrogen-bond acceptors (Lipinski definition) is 1. The van der Waals surface area contributed by atoms with Crippen molar-refractivity contribution in [1.82, 2.24) is 4.57 Å². The summed E-state index contributed by atoms with van der Waals surface area (Å²) in [5, 5.41) is 1.31. The van der Waals surface area contributed by atoms with Gasteiger partial charge >= 0.3 is 0 Å². The van der Waals surface area contributed by atoms with E-state index in [1.165, 1.54) is 10.9 Å². The standard InChI is InChI=1S/C13H17NO/c1-2-15-11-5-9-14-10-8-12-6-3-4-7-13(12)14/h3-4,6-8,10H,2,5,9,11H2,1H3. The highest BCUT2D eigenvalue weighted by Crippen LogP contribution is 2.15. The summed E-state index contributed by atoms with van der Waals surface area (Å²) in [4.78, 5) is 0. The number of nitrogens with zero attached hydrogens (tertiary/aromatic N) is 1. The molecule has 0 N–H and O–H groups in total. The van der Waals surface area contributed by atoms with Crippen LogP contribution in [-0.4, -0.2) is 17.8 Å². The van der Waals surface area contributed by atoms with Gasteiger partial charge in [0.05, 0.1) is 0 Å². The van der Waals surface area contributed by atoms with E-state index in [4.69, 9.17) is 4.74 Å². The third kappa shape index (κ3) is 2.39. The molecule has 0 aliphatic carbocycles. The Morgan fingerprint density at radius 3 is 2.93 bits per heavy atom. The normalized spacial score (nSPS) is 11.0. The van der Waals surface area contributed by atoms with Gasteiger partial charge in [0.1, 0.15) is 0 Å². The maximum atomic E-state index is 5.33. The molecule has 0 amide bonds. The number of aromatic nitrogens is 1. The van der Waals surface area contributed by atoms with E-state index in [0.717, 1.165) is 26.2 Å². The highest BCUT2D eigenvalue weighted by Gasteiger charge is 1.98. The van der Waals surface area contributed by atoms with E-state index in [2.05, 4.69) is 41.1 Å². The Labute approximate surface area is 90.5 Å². The first-order valence-corrected chi connectivity index (χ1v) is 5.53. The zero-order valence-electron chi connectivity index (χ0n) is 9.15. The molecule has 2 nitrogen and oxygen atoms in total. The number of fused-ring (bicyclic) bond motifs is 1. The van der Waals surface area contributed by atoms with Crippen molar-refractivity contribution in [1.29, 1.82) is 0 Å². The number of para-hydroxylation sites is 1. The van der Waals surface area contributed by atoms with Crippen LogP contribution in [0, 0.1) is 0 Å². The van der Waals surface area contributed by atoms with Gasteiger partial charge in [0, 0.05) is 31.5 Å². The third-order valence-corrected chi connectivity index (χ3v) is 2.57. The van der Waals surface area contributed by atoms with Crippen molar-refractivity contribution in [2.75, 3.05) is 13.2 Å². The molecule has 80 valence electrons. The smallest absolute Gasteiger partial charge is 0.0482 e. The summed E-state index contributed by atoms with van der Waals surface area (Å²) >= 11 is 0. The van der Waals surface area contributed by atoms with Gasteiger partial charge in [0.2, 0.25) is 0 Å². The van der Waals surface area contributed by atoms with Crippen LogP contribution in [0.3, 0.4) is 0 Å². The van der Waals surface area contributed by atoms with Crippen molar-refractivity contribution in [2.24, 2.45) is 0 Å². The minimum Gasteiger partial charge on any atom is -0.382 e. The molecule has 0 radical (unpaired) electrons. The Bertz CT molecular complexity index is 419. The SMILES string of the molecule is CCOCCCn1ccc2ccccc21. The monoisotopic (exact) mass is 203 g/mol. The fraction of sp³-hybridized carbons (Fsp3) is 0.385. The minimum atomic E-state index is 0.812. The average Bonchev–Trinajstić information content (AvgIpc) is 2.68. The van der Waals surface area contributed by atoms with Gasteiger partial charge in [-0.2, -0.15) is 0 Å². The molecular weight excluding hydrogens is 186 g/mol. The first-order valence-electron chi connectivity index (χ1n) is 5.53. The maximum Gasteiger partial charge on any atom is 0.0482 e. The molecule has 0 spiro atoms. The molecule has 0 aliphatic rings. The van der Waals surface area contributed by atoms with Crippen LogP contribution in [0.5, 0.6) is 0 Å². The molecule has 2 aromatic rings.